The summed E-state index contributed by atoms with van der Waals surface area (Å²) in [7, 11) is 0. The molecule has 1 amide bonds. The number of hydrogen-bond donors (Lipinski definition) is 2. The number of alkyl halides is 3. The van der Waals surface area contributed by atoms with E-state index in [1.807, 2.05) is 0 Å². The predicted octanol–water partition coefficient (Wildman–Crippen LogP) is 2.95. The zero-order valence-electron chi connectivity index (χ0n) is 12.0. The average molecular weight is 292 g/mol. The van der Waals surface area contributed by atoms with Crippen molar-refractivity contribution < 1.29 is 18.0 Å². The van der Waals surface area contributed by atoms with Crippen LogP contribution in [-0.2, 0) is 4.79 Å². The molecule has 0 aromatic carbocycles. The molecule has 0 atom stereocenters. The molecule has 0 saturated carbocycles. The van der Waals surface area contributed by atoms with Crippen LogP contribution in [0.3, 0.4) is 0 Å². The van der Waals surface area contributed by atoms with Gasteiger partial charge in [0.25, 0.3) is 0 Å². The topological polar surface area (TPSA) is 55.1 Å². The number of amides is 1. The summed E-state index contributed by atoms with van der Waals surface area (Å²) in [6, 6.07) is 0. The summed E-state index contributed by atoms with van der Waals surface area (Å²) < 4.78 is 37.6. The van der Waals surface area contributed by atoms with Gasteiger partial charge in [-0.05, 0) is 18.5 Å². The molecule has 0 fully saturated rings. The Labute approximate surface area is 118 Å². The third-order valence-corrected chi connectivity index (χ3v) is 2.62. The summed E-state index contributed by atoms with van der Waals surface area (Å²) in [5.41, 5.74) is 3.42. The van der Waals surface area contributed by atoms with Crippen LogP contribution in [0.25, 0.3) is 0 Å². The average Bonchev–Trinajstić information content (AvgIpc) is 2.32. The number of nitrogens with one attached hydrogen (secondary N) is 1. The standard InChI is InChI=1S/C13H20F3N.CH3NO/c1-5-7-11(6-2)10-17-9-8-12(3,4)13(14,15)16;2-1-3/h5-7,17H,1-2,8-10H2,3-4H3;1H,(H2,2,3)/b11-7+;. The first-order valence-corrected chi connectivity index (χ1v) is 6.03. The maximum Gasteiger partial charge on any atom is 0.394 e. The monoisotopic (exact) mass is 292 g/mol. The normalized spacial score (nSPS) is 12.2. The maximum atomic E-state index is 12.5. The van der Waals surface area contributed by atoms with Crippen LogP contribution in [-0.4, -0.2) is 25.7 Å². The van der Waals surface area contributed by atoms with E-state index in [0.29, 0.717) is 13.1 Å². The van der Waals surface area contributed by atoms with E-state index in [9.17, 15) is 13.2 Å². The molecule has 0 radical (unpaired) electrons. The number of halogens is 3. The quantitative estimate of drug-likeness (QED) is 0.430. The summed E-state index contributed by atoms with van der Waals surface area (Å²) in [5, 5.41) is 2.96. The van der Waals surface area contributed by atoms with Gasteiger partial charge < -0.3 is 11.1 Å². The third-order valence-electron chi connectivity index (χ3n) is 2.62. The number of carbonyl (C=O) groups excluding carboxylic acids is 1. The molecule has 0 aromatic heterocycles. The molecule has 20 heavy (non-hydrogen) atoms. The lowest BCUT2D eigenvalue weighted by molar-refractivity contribution is -0.213. The van der Waals surface area contributed by atoms with Gasteiger partial charge >= 0.3 is 6.18 Å². The van der Waals surface area contributed by atoms with Crippen molar-refractivity contribution in [3.05, 3.63) is 37.0 Å². The van der Waals surface area contributed by atoms with Crippen molar-refractivity contribution in [2.24, 2.45) is 11.1 Å². The molecule has 0 rings (SSSR count). The summed E-state index contributed by atoms with van der Waals surface area (Å²) in [6.07, 6.45) is 1.19. The zero-order valence-corrected chi connectivity index (χ0v) is 12.0. The fraction of sp³-hybridized carbons (Fsp3) is 0.500. The Morgan fingerprint density at radius 2 is 1.80 bits per heavy atom. The van der Waals surface area contributed by atoms with Crippen LogP contribution in [0, 0.1) is 5.41 Å². The third kappa shape index (κ3) is 9.38. The van der Waals surface area contributed by atoms with E-state index in [1.54, 1.807) is 18.2 Å². The molecule has 116 valence electrons. The number of hydrogen-bond acceptors (Lipinski definition) is 2. The van der Waals surface area contributed by atoms with Gasteiger partial charge in [-0.2, -0.15) is 13.2 Å². The summed E-state index contributed by atoms with van der Waals surface area (Å²) in [4.78, 5) is 8.58. The molecular formula is C14H23F3N2O. The smallest absolute Gasteiger partial charge is 0.372 e. The van der Waals surface area contributed by atoms with Gasteiger partial charge in [-0.15, -0.1) is 0 Å². The lowest BCUT2D eigenvalue weighted by Gasteiger charge is -2.27. The minimum atomic E-state index is -4.16. The first-order valence-electron chi connectivity index (χ1n) is 6.03. The molecule has 3 N–H and O–H groups in total. The van der Waals surface area contributed by atoms with E-state index in [1.165, 1.54) is 13.8 Å². The maximum absolute atomic E-state index is 12.5. The second-order valence-corrected chi connectivity index (χ2v) is 4.63. The van der Waals surface area contributed by atoms with Crippen LogP contribution in [0.15, 0.2) is 37.0 Å². The van der Waals surface area contributed by atoms with Crippen LogP contribution in [0.1, 0.15) is 20.3 Å². The first kappa shape index (κ1) is 20.8. The van der Waals surface area contributed by atoms with Gasteiger partial charge in [0.05, 0.1) is 5.41 Å². The molecule has 0 unspecified atom stereocenters. The molecule has 0 aliphatic heterocycles. The van der Waals surface area contributed by atoms with Crippen LogP contribution < -0.4 is 11.1 Å². The number of carbonyl (C=O) groups is 1. The van der Waals surface area contributed by atoms with Crippen molar-refractivity contribution in [2.45, 2.75) is 26.4 Å². The highest BCUT2D eigenvalue weighted by Gasteiger charge is 2.46. The summed E-state index contributed by atoms with van der Waals surface area (Å²) in [5.74, 6) is 0. The molecule has 0 bridgehead atoms. The first-order chi connectivity index (χ1) is 9.16. The minimum Gasteiger partial charge on any atom is -0.372 e. The molecule has 0 aliphatic rings. The number of nitrogens with two attached hydrogens (primary N) is 1. The second-order valence-electron chi connectivity index (χ2n) is 4.63. The highest BCUT2D eigenvalue weighted by Crippen LogP contribution is 2.39. The minimum absolute atomic E-state index is 0.0506. The largest absolute Gasteiger partial charge is 0.394 e. The van der Waals surface area contributed by atoms with Gasteiger partial charge in [0.1, 0.15) is 0 Å². The van der Waals surface area contributed by atoms with Crippen LogP contribution in [0.5, 0.6) is 0 Å². The van der Waals surface area contributed by atoms with Crippen molar-refractivity contribution in [2.75, 3.05) is 13.1 Å². The second kappa shape index (κ2) is 10.3. The van der Waals surface area contributed by atoms with E-state index in [4.69, 9.17) is 4.79 Å². The Hall–Kier alpha value is -1.56. The fourth-order valence-electron chi connectivity index (χ4n) is 1.13. The van der Waals surface area contributed by atoms with Gasteiger partial charge in [0.15, 0.2) is 0 Å². The van der Waals surface area contributed by atoms with Gasteiger partial charge in [0, 0.05) is 6.54 Å². The predicted molar refractivity (Wildman–Crippen MR) is 76.1 cm³/mol. The molecule has 0 heterocycles. The van der Waals surface area contributed by atoms with Crippen molar-refractivity contribution in [3.63, 3.8) is 0 Å². The van der Waals surface area contributed by atoms with Gasteiger partial charge in [-0.1, -0.05) is 45.2 Å². The highest BCUT2D eigenvalue weighted by molar-refractivity contribution is 5.42. The lowest BCUT2D eigenvalue weighted by atomic mass is 9.88. The van der Waals surface area contributed by atoms with Crippen LogP contribution >= 0.6 is 0 Å². The Bertz CT molecular complexity index is 334. The fourth-order valence-corrected chi connectivity index (χ4v) is 1.13. The van der Waals surface area contributed by atoms with E-state index >= 15 is 0 Å². The van der Waals surface area contributed by atoms with Crippen molar-refractivity contribution in [1.29, 1.82) is 0 Å². The molecule has 0 spiro atoms. The lowest BCUT2D eigenvalue weighted by Crippen LogP contribution is -2.35. The van der Waals surface area contributed by atoms with E-state index in [0.717, 1.165) is 5.57 Å². The summed E-state index contributed by atoms with van der Waals surface area (Å²) >= 11 is 0. The summed E-state index contributed by atoms with van der Waals surface area (Å²) in [6.45, 7) is 10.4. The molecule has 0 aromatic rings. The van der Waals surface area contributed by atoms with Crippen molar-refractivity contribution in [1.82, 2.24) is 5.32 Å². The molecule has 3 nitrogen and oxygen atoms in total. The Morgan fingerprint density at radius 3 is 2.15 bits per heavy atom. The molecule has 0 aliphatic carbocycles. The van der Waals surface area contributed by atoms with E-state index in [-0.39, 0.29) is 12.8 Å². The SMILES string of the molecule is C=C/C=C(\C=C)CNCCC(C)(C)C(F)(F)F.NC=O. The van der Waals surface area contributed by atoms with Gasteiger partial charge in [-0.25, -0.2) is 0 Å². The van der Waals surface area contributed by atoms with Crippen LogP contribution in [0.4, 0.5) is 13.2 Å². The van der Waals surface area contributed by atoms with E-state index in [2.05, 4.69) is 24.2 Å². The van der Waals surface area contributed by atoms with Crippen molar-refractivity contribution >= 4 is 6.41 Å². The Balaban J connectivity index is 0. The molecular weight excluding hydrogens is 269 g/mol. The van der Waals surface area contributed by atoms with Gasteiger partial charge in [0.2, 0.25) is 6.41 Å². The number of rotatable bonds is 7. The zero-order chi connectivity index (χ0) is 16.2. The molecule has 6 heteroatoms. The Kier molecular flexibility index (Phi) is 10.6. The highest BCUT2D eigenvalue weighted by atomic mass is 19.4. The Morgan fingerprint density at radius 1 is 1.30 bits per heavy atom. The van der Waals surface area contributed by atoms with Gasteiger partial charge in [-0.3, -0.25) is 4.79 Å². The van der Waals surface area contributed by atoms with Crippen LogP contribution in [0.2, 0.25) is 0 Å². The molecule has 0 saturated heterocycles. The number of primary amides is 1. The van der Waals surface area contributed by atoms with Crippen molar-refractivity contribution in [3.8, 4) is 0 Å². The number of allylic oxidation sites excluding steroid dienone is 2. The van der Waals surface area contributed by atoms with E-state index < -0.39 is 11.6 Å².